The third-order valence-corrected chi connectivity index (χ3v) is 3.48. The summed E-state index contributed by atoms with van der Waals surface area (Å²) in [6.45, 7) is 0. The van der Waals surface area contributed by atoms with Gasteiger partial charge in [0.1, 0.15) is 6.29 Å². The average Bonchev–Trinajstić information content (AvgIpc) is 2.80. The first-order chi connectivity index (χ1) is 8.27. The number of carbonyl (C=O) groups excluding carboxylic acids is 2. The number of ether oxygens (including phenoxy) is 1. The van der Waals surface area contributed by atoms with Crippen LogP contribution in [0.15, 0.2) is 12.2 Å². The maximum atomic E-state index is 10.9. The first-order valence-electron chi connectivity index (χ1n) is 6.45. The molecule has 3 heteroatoms. The molecule has 96 valence electrons. The molecule has 0 aromatic carbocycles. The van der Waals surface area contributed by atoms with E-state index in [0.717, 1.165) is 32.0 Å². The second-order valence-corrected chi connectivity index (χ2v) is 4.67. The molecule has 3 nitrogen and oxygen atoms in total. The molecule has 0 amide bonds. The van der Waals surface area contributed by atoms with Gasteiger partial charge in [0.2, 0.25) is 0 Å². The number of rotatable bonds is 7. The lowest BCUT2D eigenvalue weighted by molar-refractivity contribution is -0.140. The Morgan fingerprint density at radius 2 is 2.18 bits per heavy atom. The van der Waals surface area contributed by atoms with Crippen molar-refractivity contribution in [3.05, 3.63) is 12.2 Å². The van der Waals surface area contributed by atoms with E-state index in [1.165, 1.54) is 20.0 Å². The predicted molar refractivity (Wildman–Crippen MR) is 66.5 cm³/mol. The van der Waals surface area contributed by atoms with E-state index in [1.807, 2.05) is 0 Å². The summed E-state index contributed by atoms with van der Waals surface area (Å²) in [5.74, 6) is 0.675. The van der Waals surface area contributed by atoms with Crippen LogP contribution in [0, 0.1) is 11.8 Å². The van der Waals surface area contributed by atoms with Crippen LogP contribution in [0.5, 0.6) is 0 Å². The fourth-order valence-corrected chi connectivity index (χ4v) is 2.39. The molecule has 0 radical (unpaired) electrons. The minimum absolute atomic E-state index is 0.143. The van der Waals surface area contributed by atoms with Crippen molar-refractivity contribution in [1.82, 2.24) is 0 Å². The van der Waals surface area contributed by atoms with E-state index in [0.29, 0.717) is 12.3 Å². The normalized spacial score (nSPS) is 24.1. The summed E-state index contributed by atoms with van der Waals surface area (Å²) >= 11 is 0. The Bertz CT molecular complexity index is 271. The summed E-state index contributed by atoms with van der Waals surface area (Å²) < 4.78 is 4.56. The maximum absolute atomic E-state index is 10.9. The van der Waals surface area contributed by atoms with Crippen LogP contribution in [0.3, 0.4) is 0 Å². The molecule has 1 aliphatic rings. The summed E-state index contributed by atoms with van der Waals surface area (Å²) in [6, 6.07) is 0. The summed E-state index contributed by atoms with van der Waals surface area (Å²) in [4.78, 5) is 21.6. The Balaban J connectivity index is 2.09. The van der Waals surface area contributed by atoms with Crippen LogP contribution in [0.1, 0.15) is 44.9 Å². The number of hydrogen-bond donors (Lipinski definition) is 0. The van der Waals surface area contributed by atoms with Gasteiger partial charge in [-0.3, -0.25) is 4.79 Å². The van der Waals surface area contributed by atoms with E-state index in [9.17, 15) is 9.59 Å². The molecule has 1 fully saturated rings. The molecule has 0 spiro atoms. The number of allylic oxidation sites excluding steroid dienone is 2. The van der Waals surface area contributed by atoms with Gasteiger partial charge in [-0.25, -0.2) is 0 Å². The van der Waals surface area contributed by atoms with Gasteiger partial charge in [0.05, 0.1) is 7.11 Å². The van der Waals surface area contributed by atoms with Crippen molar-refractivity contribution < 1.29 is 14.3 Å². The molecule has 2 atom stereocenters. The van der Waals surface area contributed by atoms with Crippen molar-refractivity contribution in [2.75, 3.05) is 7.11 Å². The number of hydrogen-bond acceptors (Lipinski definition) is 3. The van der Waals surface area contributed by atoms with E-state index in [2.05, 4.69) is 16.9 Å². The highest BCUT2D eigenvalue weighted by molar-refractivity contribution is 5.69. The van der Waals surface area contributed by atoms with Gasteiger partial charge < -0.3 is 9.53 Å². The highest BCUT2D eigenvalue weighted by atomic mass is 16.5. The second-order valence-electron chi connectivity index (χ2n) is 4.67. The topological polar surface area (TPSA) is 43.4 Å². The van der Waals surface area contributed by atoms with Crippen LogP contribution in [0.4, 0.5) is 0 Å². The molecule has 1 rings (SSSR count). The molecule has 0 saturated heterocycles. The van der Waals surface area contributed by atoms with Gasteiger partial charge in [-0.1, -0.05) is 18.6 Å². The van der Waals surface area contributed by atoms with Gasteiger partial charge in [0.25, 0.3) is 0 Å². The lowest BCUT2D eigenvalue weighted by atomic mass is 9.94. The van der Waals surface area contributed by atoms with E-state index in [1.54, 1.807) is 0 Å². The van der Waals surface area contributed by atoms with Crippen LogP contribution in [-0.4, -0.2) is 19.4 Å². The zero-order valence-electron chi connectivity index (χ0n) is 10.6. The third-order valence-electron chi connectivity index (χ3n) is 3.48. The molecule has 0 aromatic heterocycles. The molecule has 0 N–H and O–H groups in total. The van der Waals surface area contributed by atoms with E-state index in [4.69, 9.17) is 0 Å². The lowest BCUT2D eigenvalue weighted by Crippen LogP contribution is -2.07. The van der Waals surface area contributed by atoms with Gasteiger partial charge in [0, 0.05) is 12.3 Å². The molecule has 0 bridgehead atoms. The average molecular weight is 238 g/mol. The molecule has 0 aliphatic heterocycles. The smallest absolute Gasteiger partial charge is 0.305 e. The van der Waals surface area contributed by atoms with E-state index < -0.39 is 0 Å². The molecular weight excluding hydrogens is 216 g/mol. The zero-order valence-corrected chi connectivity index (χ0v) is 10.6. The Hall–Kier alpha value is -1.12. The Labute approximate surface area is 103 Å². The van der Waals surface area contributed by atoms with Crippen molar-refractivity contribution in [1.29, 1.82) is 0 Å². The highest BCUT2D eigenvalue weighted by Crippen LogP contribution is 2.32. The van der Waals surface area contributed by atoms with Crippen LogP contribution in [0.25, 0.3) is 0 Å². The minimum atomic E-state index is -0.143. The van der Waals surface area contributed by atoms with E-state index in [-0.39, 0.29) is 11.9 Å². The molecule has 0 unspecified atom stereocenters. The highest BCUT2D eigenvalue weighted by Gasteiger charge is 2.25. The molecule has 17 heavy (non-hydrogen) atoms. The monoisotopic (exact) mass is 238 g/mol. The predicted octanol–water partition coefficient (Wildman–Crippen LogP) is 2.89. The largest absolute Gasteiger partial charge is 0.469 e. The number of unbranched alkanes of at least 4 members (excludes halogenated alkanes) is 1. The maximum Gasteiger partial charge on any atom is 0.305 e. The number of methoxy groups -OCH3 is 1. The SMILES string of the molecule is COC(=O)CCC/C=C\C[C@H]1CCC[C@@H]1C=O. The summed E-state index contributed by atoms with van der Waals surface area (Å²) in [5, 5.41) is 0. The van der Waals surface area contributed by atoms with Gasteiger partial charge in [-0.05, 0) is 38.0 Å². The van der Waals surface area contributed by atoms with Crippen LogP contribution >= 0.6 is 0 Å². The van der Waals surface area contributed by atoms with Crippen LogP contribution < -0.4 is 0 Å². The van der Waals surface area contributed by atoms with Crippen molar-refractivity contribution in [3.8, 4) is 0 Å². The van der Waals surface area contributed by atoms with Gasteiger partial charge in [-0.2, -0.15) is 0 Å². The Morgan fingerprint density at radius 3 is 2.88 bits per heavy atom. The Morgan fingerprint density at radius 1 is 1.35 bits per heavy atom. The van der Waals surface area contributed by atoms with Crippen LogP contribution in [-0.2, 0) is 14.3 Å². The van der Waals surface area contributed by atoms with Crippen molar-refractivity contribution in [2.45, 2.75) is 44.9 Å². The molecule has 1 saturated carbocycles. The molecule has 0 aromatic rings. The first-order valence-corrected chi connectivity index (χ1v) is 6.45. The fraction of sp³-hybridized carbons (Fsp3) is 0.714. The molecule has 0 heterocycles. The molecular formula is C14H22O3. The summed E-state index contributed by atoms with van der Waals surface area (Å²) in [5.41, 5.74) is 0. The van der Waals surface area contributed by atoms with Crippen molar-refractivity contribution >= 4 is 12.3 Å². The minimum Gasteiger partial charge on any atom is -0.469 e. The first kappa shape index (κ1) is 13.9. The summed E-state index contributed by atoms with van der Waals surface area (Å²) in [7, 11) is 1.41. The fourth-order valence-electron chi connectivity index (χ4n) is 2.39. The summed E-state index contributed by atoms with van der Waals surface area (Å²) in [6.07, 6.45) is 12.0. The van der Waals surface area contributed by atoms with Crippen molar-refractivity contribution in [3.63, 3.8) is 0 Å². The van der Waals surface area contributed by atoms with Crippen LogP contribution in [0.2, 0.25) is 0 Å². The zero-order chi connectivity index (χ0) is 12.5. The second kappa shape index (κ2) is 8.04. The van der Waals surface area contributed by atoms with Gasteiger partial charge in [-0.15, -0.1) is 0 Å². The van der Waals surface area contributed by atoms with E-state index >= 15 is 0 Å². The standard InChI is InChI=1S/C14H22O3/c1-17-14(16)10-5-3-2-4-7-12-8-6-9-13(12)11-15/h2,4,11-13H,3,5-10H2,1H3/b4-2-/t12-,13+/m0/s1. The van der Waals surface area contributed by atoms with Gasteiger partial charge >= 0.3 is 5.97 Å². The lowest BCUT2D eigenvalue weighted by Gasteiger charge is -2.10. The number of esters is 1. The quantitative estimate of drug-likeness (QED) is 0.296. The van der Waals surface area contributed by atoms with Gasteiger partial charge in [0.15, 0.2) is 0 Å². The molecule has 1 aliphatic carbocycles. The number of aldehydes is 1. The van der Waals surface area contributed by atoms with Crippen molar-refractivity contribution in [2.24, 2.45) is 11.8 Å². The Kier molecular flexibility index (Phi) is 6.60. The third kappa shape index (κ3) is 5.16. The number of carbonyl (C=O) groups is 2.